The molecule has 2 aromatic rings. The van der Waals surface area contributed by atoms with Crippen molar-refractivity contribution in [3.63, 3.8) is 0 Å². The molecule has 0 bridgehead atoms. The minimum Gasteiger partial charge on any atom is -0.508 e. The van der Waals surface area contributed by atoms with Crippen molar-refractivity contribution < 1.29 is 19.1 Å². The Morgan fingerprint density at radius 2 is 2.00 bits per heavy atom. The van der Waals surface area contributed by atoms with Gasteiger partial charge in [-0.1, -0.05) is 18.2 Å². The van der Waals surface area contributed by atoms with Gasteiger partial charge in [-0.15, -0.1) is 0 Å². The molecule has 24 heavy (non-hydrogen) atoms. The summed E-state index contributed by atoms with van der Waals surface area (Å²) in [5.74, 6) is -1.06. The number of halogens is 1. The zero-order chi connectivity index (χ0) is 17.1. The normalized spacial score (nSPS) is 17.1. The fourth-order valence-corrected chi connectivity index (χ4v) is 2.74. The zero-order valence-corrected chi connectivity index (χ0v) is 12.9. The number of amides is 2. The van der Waals surface area contributed by atoms with Gasteiger partial charge in [0.1, 0.15) is 11.6 Å². The van der Waals surface area contributed by atoms with Crippen molar-refractivity contribution in [2.45, 2.75) is 13.0 Å². The van der Waals surface area contributed by atoms with Gasteiger partial charge in [-0.05, 0) is 29.8 Å². The van der Waals surface area contributed by atoms with Gasteiger partial charge in [0.15, 0.2) is 0 Å². The van der Waals surface area contributed by atoms with Crippen LogP contribution in [0.5, 0.6) is 5.75 Å². The lowest BCUT2D eigenvalue weighted by Gasteiger charge is -2.16. The van der Waals surface area contributed by atoms with E-state index < -0.39 is 5.92 Å². The Morgan fingerprint density at radius 1 is 1.25 bits per heavy atom. The zero-order valence-electron chi connectivity index (χ0n) is 12.9. The van der Waals surface area contributed by atoms with Crippen molar-refractivity contribution in [2.75, 3.05) is 11.9 Å². The van der Waals surface area contributed by atoms with Crippen molar-refractivity contribution >= 4 is 17.5 Å². The molecular weight excluding hydrogens is 311 g/mol. The Labute approximate surface area is 138 Å². The number of nitrogens with zero attached hydrogens (tertiary/aromatic N) is 1. The third-order valence-electron chi connectivity index (χ3n) is 3.99. The van der Waals surface area contributed by atoms with E-state index in [1.165, 1.54) is 24.3 Å². The summed E-state index contributed by atoms with van der Waals surface area (Å²) < 4.78 is 12.9. The van der Waals surface area contributed by atoms with Gasteiger partial charge in [-0.2, -0.15) is 0 Å². The number of phenolic OH excluding ortho intramolecular Hbond substituents is 1. The second kappa shape index (κ2) is 6.70. The summed E-state index contributed by atoms with van der Waals surface area (Å²) in [6, 6.07) is 12.2. The Hall–Kier alpha value is -2.89. The molecule has 1 atom stereocenters. The maximum Gasteiger partial charge on any atom is 0.229 e. The molecule has 1 aliphatic heterocycles. The monoisotopic (exact) mass is 328 g/mol. The van der Waals surface area contributed by atoms with E-state index in [2.05, 4.69) is 5.32 Å². The van der Waals surface area contributed by atoms with Crippen LogP contribution in [0.2, 0.25) is 0 Å². The highest BCUT2D eigenvalue weighted by Gasteiger charge is 2.34. The Kier molecular flexibility index (Phi) is 4.46. The van der Waals surface area contributed by atoms with Gasteiger partial charge < -0.3 is 15.3 Å². The molecule has 2 aromatic carbocycles. The first-order valence-electron chi connectivity index (χ1n) is 7.63. The number of phenols is 1. The predicted octanol–water partition coefficient (Wildman–Crippen LogP) is 2.52. The number of rotatable bonds is 4. The molecule has 5 nitrogen and oxygen atoms in total. The molecule has 0 radical (unpaired) electrons. The van der Waals surface area contributed by atoms with Crippen LogP contribution in [-0.4, -0.2) is 28.4 Å². The molecule has 1 aliphatic rings. The number of likely N-dealkylation sites (tertiary alicyclic amines) is 1. The van der Waals surface area contributed by atoms with Crippen LogP contribution in [0.15, 0.2) is 48.5 Å². The van der Waals surface area contributed by atoms with Gasteiger partial charge in [0.2, 0.25) is 11.8 Å². The molecule has 1 saturated heterocycles. The van der Waals surface area contributed by atoms with E-state index in [9.17, 15) is 19.1 Å². The molecule has 3 rings (SSSR count). The minimum atomic E-state index is -0.444. The van der Waals surface area contributed by atoms with Crippen LogP contribution >= 0.6 is 0 Å². The number of nitrogens with one attached hydrogen (secondary N) is 1. The van der Waals surface area contributed by atoms with Crippen LogP contribution in [0.25, 0.3) is 0 Å². The average molecular weight is 328 g/mol. The number of hydrogen-bond donors (Lipinski definition) is 2. The van der Waals surface area contributed by atoms with E-state index in [0.29, 0.717) is 18.8 Å². The summed E-state index contributed by atoms with van der Waals surface area (Å²) in [7, 11) is 0. The van der Waals surface area contributed by atoms with Crippen molar-refractivity contribution in [3.8, 4) is 5.75 Å². The van der Waals surface area contributed by atoms with Crippen molar-refractivity contribution in [1.82, 2.24) is 4.90 Å². The van der Waals surface area contributed by atoms with E-state index in [0.717, 1.165) is 5.56 Å². The van der Waals surface area contributed by atoms with Gasteiger partial charge in [0.05, 0.1) is 5.92 Å². The second-order valence-corrected chi connectivity index (χ2v) is 5.84. The SMILES string of the molecule is O=C(Nc1cccc(O)c1)C1CC(=O)N(Cc2ccc(F)cc2)C1. The Bertz CT molecular complexity index is 761. The second-order valence-electron chi connectivity index (χ2n) is 5.84. The molecule has 0 saturated carbocycles. The minimum absolute atomic E-state index is 0.0632. The summed E-state index contributed by atoms with van der Waals surface area (Å²) in [4.78, 5) is 26.0. The number of carbonyl (C=O) groups is 2. The van der Waals surface area contributed by atoms with Gasteiger partial charge in [-0.25, -0.2) is 4.39 Å². The third-order valence-corrected chi connectivity index (χ3v) is 3.99. The molecule has 0 aromatic heterocycles. The smallest absolute Gasteiger partial charge is 0.229 e. The molecule has 6 heteroatoms. The first kappa shape index (κ1) is 16.0. The number of carbonyl (C=O) groups excluding carboxylic acids is 2. The molecule has 0 aliphatic carbocycles. The highest BCUT2D eigenvalue weighted by Crippen LogP contribution is 2.23. The first-order valence-corrected chi connectivity index (χ1v) is 7.63. The third kappa shape index (κ3) is 3.71. The molecular formula is C18H17FN2O3. The Balaban J connectivity index is 1.61. The quantitative estimate of drug-likeness (QED) is 0.906. The number of aromatic hydroxyl groups is 1. The van der Waals surface area contributed by atoms with Crippen molar-refractivity contribution in [3.05, 3.63) is 59.9 Å². The van der Waals surface area contributed by atoms with Gasteiger partial charge >= 0.3 is 0 Å². The lowest BCUT2D eigenvalue weighted by atomic mass is 10.1. The first-order chi connectivity index (χ1) is 11.5. The highest BCUT2D eigenvalue weighted by molar-refractivity contribution is 5.97. The van der Waals surface area contributed by atoms with Gasteiger partial charge in [0.25, 0.3) is 0 Å². The van der Waals surface area contributed by atoms with E-state index in [1.54, 1.807) is 29.2 Å². The summed E-state index contributed by atoms with van der Waals surface area (Å²) in [6.07, 6.45) is 0.145. The van der Waals surface area contributed by atoms with Gasteiger partial charge in [-0.3, -0.25) is 9.59 Å². The molecule has 2 N–H and O–H groups in total. The topological polar surface area (TPSA) is 69.6 Å². The molecule has 124 valence electrons. The molecule has 1 unspecified atom stereocenters. The predicted molar refractivity (Wildman–Crippen MR) is 86.7 cm³/mol. The fraction of sp³-hybridized carbons (Fsp3) is 0.222. The fourth-order valence-electron chi connectivity index (χ4n) is 2.74. The number of hydrogen-bond acceptors (Lipinski definition) is 3. The van der Waals surface area contributed by atoms with Crippen molar-refractivity contribution in [1.29, 1.82) is 0 Å². The summed E-state index contributed by atoms with van der Waals surface area (Å²) in [5.41, 5.74) is 1.31. The lowest BCUT2D eigenvalue weighted by molar-refractivity contribution is -0.128. The lowest BCUT2D eigenvalue weighted by Crippen LogP contribution is -2.28. The van der Waals surface area contributed by atoms with Crippen LogP contribution in [-0.2, 0) is 16.1 Å². The van der Waals surface area contributed by atoms with E-state index in [1.807, 2.05) is 0 Å². The molecule has 2 amide bonds. The molecule has 0 spiro atoms. The van der Waals surface area contributed by atoms with Crippen LogP contribution in [0.3, 0.4) is 0 Å². The van der Waals surface area contributed by atoms with Crippen LogP contribution in [0.4, 0.5) is 10.1 Å². The van der Waals surface area contributed by atoms with E-state index >= 15 is 0 Å². The van der Waals surface area contributed by atoms with Crippen LogP contribution in [0, 0.1) is 11.7 Å². The number of anilines is 1. The van der Waals surface area contributed by atoms with E-state index in [4.69, 9.17) is 0 Å². The number of benzene rings is 2. The van der Waals surface area contributed by atoms with Crippen molar-refractivity contribution in [2.24, 2.45) is 5.92 Å². The standard InChI is InChI=1S/C18H17FN2O3/c19-14-6-4-12(5-7-14)10-21-11-13(8-17(21)23)18(24)20-15-2-1-3-16(22)9-15/h1-7,9,13,22H,8,10-11H2,(H,20,24). The van der Waals surface area contributed by atoms with Crippen LogP contribution < -0.4 is 5.32 Å². The maximum absolute atomic E-state index is 12.9. The van der Waals surface area contributed by atoms with Crippen LogP contribution in [0.1, 0.15) is 12.0 Å². The summed E-state index contributed by atoms with van der Waals surface area (Å²) in [6.45, 7) is 0.676. The summed E-state index contributed by atoms with van der Waals surface area (Å²) >= 11 is 0. The summed E-state index contributed by atoms with van der Waals surface area (Å²) in [5, 5.41) is 12.1. The largest absolute Gasteiger partial charge is 0.508 e. The highest BCUT2D eigenvalue weighted by atomic mass is 19.1. The average Bonchev–Trinajstić information content (AvgIpc) is 2.91. The molecule has 1 fully saturated rings. The Morgan fingerprint density at radius 3 is 2.71 bits per heavy atom. The maximum atomic E-state index is 12.9. The molecule has 1 heterocycles. The van der Waals surface area contributed by atoms with E-state index in [-0.39, 0.29) is 29.8 Å². The van der Waals surface area contributed by atoms with Gasteiger partial charge in [0, 0.05) is 31.3 Å².